The van der Waals surface area contributed by atoms with Crippen molar-refractivity contribution in [2.24, 2.45) is 0 Å². The Bertz CT molecular complexity index is 700. The molecule has 0 unspecified atom stereocenters. The van der Waals surface area contributed by atoms with Crippen LogP contribution < -0.4 is 20.1 Å². The molecule has 0 atom stereocenters. The Balaban J connectivity index is 1.42. The zero-order valence-electron chi connectivity index (χ0n) is 13.1. The number of hydrogen-bond acceptors (Lipinski definition) is 4. The SMILES string of the molecule is Cc1ccccc1CNC(=O)CCNc1ccc2c(c1)OCO2. The van der Waals surface area contributed by atoms with Crippen LogP contribution >= 0.6 is 0 Å². The van der Waals surface area contributed by atoms with Gasteiger partial charge in [0.15, 0.2) is 11.5 Å². The first-order valence-electron chi connectivity index (χ1n) is 7.67. The molecule has 0 fully saturated rings. The van der Waals surface area contributed by atoms with E-state index in [2.05, 4.69) is 10.6 Å². The Labute approximate surface area is 135 Å². The third-order valence-electron chi connectivity index (χ3n) is 3.79. The minimum absolute atomic E-state index is 0.0292. The first-order valence-corrected chi connectivity index (χ1v) is 7.67. The molecule has 2 aromatic carbocycles. The first-order chi connectivity index (χ1) is 11.2. The largest absolute Gasteiger partial charge is 0.454 e. The third kappa shape index (κ3) is 3.94. The Kier molecular flexibility index (Phi) is 4.66. The summed E-state index contributed by atoms with van der Waals surface area (Å²) in [4.78, 5) is 11.9. The molecule has 0 aliphatic carbocycles. The van der Waals surface area contributed by atoms with E-state index in [1.807, 2.05) is 49.4 Å². The second-order valence-electron chi connectivity index (χ2n) is 5.45. The van der Waals surface area contributed by atoms with Gasteiger partial charge in [0.25, 0.3) is 0 Å². The molecule has 23 heavy (non-hydrogen) atoms. The van der Waals surface area contributed by atoms with Gasteiger partial charge < -0.3 is 20.1 Å². The summed E-state index contributed by atoms with van der Waals surface area (Å²) in [5, 5.41) is 6.16. The van der Waals surface area contributed by atoms with E-state index < -0.39 is 0 Å². The van der Waals surface area contributed by atoms with E-state index in [-0.39, 0.29) is 12.7 Å². The Morgan fingerprint density at radius 2 is 1.96 bits per heavy atom. The summed E-state index contributed by atoms with van der Waals surface area (Å²) in [7, 11) is 0. The second kappa shape index (κ2) is 7.05. The Morgan fingerprint density at radius 3 is 2.83 bits per heavy atom. The highest BCUT2D eigenvalue weighted by Crippen LogP contribution is 2.34. The molecule has 2 aromatic rings. The van der Waals surface area contributed by atoms with Gasteiger partial charge >= 0.3 is 0 Å². The lowest BCUT2D eigenvalue weighted by molar-refractivity contribution is -0.121. The molecule has 1 aliphatic heterocycles. The van der Waals surface area contributed by atoms with Crippen LogP contribution in [0.1, 0.15) is 17.5 Å². The monoisotopic (exact) mass is 312 g/mol. The maximum absolute atomic E-state index is 11.9. The van der Waals surface area contributed by atoms with Crippen molar-refractivity contribution in [1.29, 1.82) is 0 Å². The van der Waals surface area contributed by atoms with Gasteiger partial charge in [0.2, 0.25) is 12.7 Å². The number of ether oxygens (including phenoxy) is 2. The van der Waals surface area contributed by atoms with E-state index in [9.17, 15) is 4.79 Å². The van der Waals surface area contributed by atoms with Gasteiger partial charge in [-0.25, -0.2) is 0 Å². The highest BCUT2D eigenvalue weighted by Gasteiger charge is 2.13. The van der Waals surface area contributed by atoms with Crippen LogP contribution in [0.4, 0.5) is 5.69 Å². The fourth-order valence-corrected chi connectivity index (χ4v) is 2.42. The molecule has 1 amide bonds. The van der Waals surface area contributed by atoms with Gasteiger partial charge in [-0.1, -0.05) is 24.3 Å². The van der Waals surface area contributed by atoms with E-state index in [1.54, 1.807) is 0 Å². The topological polar surface area (TPSA) is 59.6 Å². The number of fused-ring (bicyclic) bond motifs is 1. The molecule has 5 nitrogen and oxygen atoms in total. The van der Waals surface area contributed by atoms with Gasteiger partial charge in [0.05, 0.1) is 0 Å². The van der Waals surface area contributed by atoms with Crippen LogP contribution in [0.2, 0.25) is 0 Å². The minimum Gasteiger partial charge on any atom is -0.454 e. The highest BCUT2D eigenvalue weighted by molar-refractivity contribution is 5.76. The van der Waals surface area contributed by atoms with Crippen molar-refractivity contribution in [2.75, 3.05) is 18.7 Å². The van der Waals surface area contributed by atoms with Crippen molar-refractivity contribution in [3.05, 3.63) is 53.6 Å². The number of benzene rings is 2. The third-order valence-corrected chi connectivity index (χ3v) is 3.79. The molecule has 0 aromatic heterocycles. The van der Waals surface area contributed by atoms with Gasteiger partial charge in [-0.2, -0.15) is 0 Å². The summed E-state index contributed by atoms with van der Waals surface area (Å²) >= 11 is 0. The van der Waals surface area contributed by atoms with Crippen LogP contribution in [0.15, 0.2) is 42.5 Å². The van der Waals surface area contributed by atoms with E-state index in [0.29, 0.717) is 19.5 Å². The van der Waals surface area contributed by atoms with E-state index in [4.69, 9.17) is 9.47 Å². The molecule has 0 spiro atoms. The van der Waals surface area contributed by atoms with Gasteiger partial charge in [-0.3, -0.25) is 4.79 Å². The number of carbonyl (C=O) groups is 1. The minimum atomic E-state index is 0.0292. The lowest BCUT2D eigenvalue weighted by atomic mass is 10.1. The number of anilines is 1. The molecule has 1 heterocycles. The van der Waals surface area contributed by atoms with Crippen molar-refractivity contribution in [3.63, 3.8) is 0 Å². The Hall–Kier alpha value is -2.69. The standard InChI is InChI=1S/C18H20N2O3/c1-13-4-2-3-5-14(13)11-20-18(21)8-9-19-15-6-7-16-17(10-15)23-12-22-16/h2-7,10,19H,8-9,11-12H2,1H3,(H,20,21). The normalized spacial score (nSPS) is 12.0. The molecule has 5 heteroatoms. The van der Waals surface area contributed by atoms with Crippen LogP contribution in [-0.4, -0.2) is 19.2 Å². The van der Waals surface area contributed by atoms with Crippen LogP contribution in [0.5, 0.6) is 11.5 Å². The summed E-state index contributed by atoms with van der Waals surface area (Å²) in [6.45, 7) is 3.44. The maximum Gasteiger partial charge on any atom is 0.231 e. The summed E-state index contributed by atoms with van der Waals surface area (Å²) in [5.74, 6) is 1.52. The molecular weight excluding hydrogens is 292 g/mol. The number of rotatable bonds is 6. The summed E-state index contributed by atoms with van der Waals surface area (Å²) < 4.78 is 10.6. The molecule has 0 saturated carbocycles. The van der Waals surface area contributed by atoms with Crippen molar-refractivity contribution < 1.29 is 14.3 Å². The van der Waals surface area contributed by atoms with Gasteiger partial charge in [-0.15, -0.1) is 0 Å². The molecule has 1 aliphatic rings. The summed E-state index contributed by atoms with van der Waals surface area (Å²) in [6, 6.07) is 13.7. The molecule has 120 valence electrons. The predicted octanol–water partition coefficient (Wildman–Crippen LogP) is 2.84. The van der Waals surface area contributed by atoms with Crippen LogP contribution in [-0.2, 0) is 11.3 Å². The Morgan fingerprint density at radius 1 is 1.13 bits per heavy atom. The second-order valence-corrected chi connectivity index (χ2v) is 5.45. The first kappa shape index (κ1) is 15.2. The number of amides is 1. The molecule has 2 N–H and O–H groups in total. The number of carbonyl (C=O) groups excluding carboxylic acids is 1. The fourth-order valence-electron chi connectivity index (χ4n) is 2.42. The van der Waals surface area contributed by atoms with E-state index >= 15 is 0 Å². The van der Waals surface area contributed by atoms with E-state index in [0.717, 1.165) is 22.7 Å². The lowest BCUT2D eigenvalue weighted by Crippen LogP contribution is -2.25. The average Bonchev–Trinajstić information content (AvgIpc) is 3.02. The smallest absolute Gasteiger partial charge is 0.231 e. The van der Waals surface area contributed by atoms with Crippen LogP contribution in [0.3, 0.4) is 0 Å². The zero-order chi connectivity index (χ0) is 16.1. The van der Waals surface area contributed by atoms with E-state index in [1.165, 1.54) is 5.56 Å². The van der Waals surface area contributed by atoms with Crippen molar-refractivity contribution in [2.45, 2.75) is 19.9 Å². The van der Waals surface area contributed by atoms with Gasteiger partial charge in [0.1, 0.15) is 0 Å². The van der Waals surface area contributed by atoms with Crippen LogP contribution in [0.25, 0.3) is 0 Å². The lowest BCUT2D eigenvalue weighted by Gasteiger charge is -2.09. The quantitative estimate of drug-likeness (QED) is 0.861. The summed E-state index contributed by atoms with van der Waals surface area (Å²) in [5.41, 5.74) is 3.25. The number of hydrogen-bond donors (Lipinski definition) is 2. The fraction of sp³-hybridized carbons (Fsp3) is 0.278. The molecule has 0 bridgehead atoms. The predicted molar refractivity (Wildman–Crippen MR) is 88.7 cm³/mol. The van der Waals surface area contributed by atoms with Crippen molar-refractivity contribution in [1.82, 2.24) is 5.32 Å². The van der Waals surface area contributed by atoms with Crippen molar-refractivity contribution >= 4 is 11.6 Å². The van der Waals surface area contributed by atoms with Crippen molar-refractivity contribution in [3.8, 4) is 11.5 Å². The average molecular weight is 312 g/mol. The molecule has 0 radical (unpaired) electrons. The molecule has 3 rings (SSSR count). The summed E-state index contributed by atoms with van der Waals surface area (Å²) in [6.07, 6.45) is 0.417. The van der Waals surface area contributed by atoms with Gasteiger partial charge in [-0.05, 0) is 30.2 Å². The molecule has 0 saturated heterocycles. The number of nitrogens with one attached hydrogen (secondary N) is 2. The zero-order valence-corrected chi connectivity index (χ0v) is 13.1. The maximum atomic E-state index is 11.9. The molecular formula is C18H20N2O3. The highest BCUT2D eigenvalue weighted by atomic mass is 16.7. The number of aryl methyl sites for hydroxylation is 1. The van der Waals surface area contributed by atoms with Gasteiger partial charge in [0, 0.05) is 31.3 Å². The van der Waals surface area contributed by atoms with Crippen LogP contribution in [0, 0.1) is 6.92 Å².